The van der Waals surface area contributed by atoms with Crippen molar-refractivity contribution >= 4 is 10.4 Å². The van der Waals surface area contributed by atoms with Crippen molar-refractivity contribution in [1.29, 1.82) is 0 Å². The molecule has 17 heavy (non-hydrogen) atoms. The number of allylic oxidation sites excluding steroid dienone is 1. The fraction of sp³-hybridized carbons (Fsp3) is 0.800. The van der Waals surface area contributed by atoms with Crippen LogP contribution in [0, 0.1) is 0 Å². The molecule has 100 valence electrons. The van der Waals surface area contributed by atoms with Gasteiger partial charge in [-0.2, -0.15) is 8.42 Å². The lowest BCUT2D eigenvalue weighted by Crippen LogP contribution is -2.36. The molecule has 0 atom stereocenters. The van der Waals surface area contributed by atoms with E-state index in [-0.39, 0.29) is 0 Å². The van der Waals surface area contributed by atoms with Gasteiger partial charge in [0.1, 0.15) is 0 Å². The number of rotatable bonds is 2. The Kier molecular flexibility index (Phi) is 5.38. The molecule has 0 aromatic heterocycles. The van der Waals surface area contributed by atoms with E-state index in [0.717, 1.165) is 7.11 Å². The molecule has 2 saturated heterocycles. The normalized spacial score (nSPS) is 21.5. The molecule has 0 aromatic rings. The second kappa shape index (κ2) is 6.34. The van der Waals surface area contributed by atoms with Gasteiger partial charge in [0.05, 0.1) is 7.11 Å². The molecule has 2 rings (SSSR count). The minimum absolute atomic E-state index is 0.870. The lowest BCUT2D eigenvalue weighted by molar-refractivity contribution is 0.0516. The molecule has 0 spiro atoms. The first-order chi connectivity index (χ1) is 7.94. The predicted molar refractivity (Wildman–Crippen MR) is 64.4 cm³/mol. The molecule has 2 aliphatic rings. The summed E-state index contributed by atoms with van der Waals surface area (Å²) in [4.78, 5) is 0. The smallest absolute Gasteiger partial charge is 0.311 e. The van der Waals surface area contributed by atoms with E-state index in [1.165, 1.54) is 51.0 Å². The van der Waals surface area contributed by atoms with Gasteiger partial charge in [-0.3, -0.25) is 8.74 Å². The molecule has 1 N–H and O–H groups in total. The molecule has 2 heterocycles. The van der Waals surface area contributed by atoms with Crippen LogP contribution in [0.2, 0.25) is 0 Å². The fourth-order valence-electron chi connectivity index (χ4n) is 2.00. The number of hydrogen-bond donors (Lipinski definition) is 1. The molecule has 2 fully saturated rings. The molecular formula is C10H20N2O4S. The van der Waals surface area contributed by atoms with E-state index in [1.54, 1.807) is 0 Å². The highest BCUT2D eigenvalue weighted by Gasteiger charge is 2.23. The highest BCUT2D eigenvalue weighted by Crippen LogP contribution is 2.23. The van der Waals surface area contributed by atoms with Crippen molar-refractivity contribution in [3.63, 3.8) is 0 Å². The van der Waals surface area contributed by atoms with Crippen LogP contribution in [0.25, 0.3) is 0 Å². The van der Waals surface area contributed by atoms with Crippen molar-refractivity contribution < 1.29 is 17.2 Å². The van der Waals surface area contributed by atoms with E-state index in [0.29, 0.717) is 0 Å². The third-order valence-electron chi connectivity index (χ3n) is 2.83. The Balaban J connectivity index is 0.000000209. The van der Waals surface area contributed by atoms with Crippen LogP contribution < -0.4 is 0 Å². The topological polar surface area (TPSA) is 70.1 Å². The summed E-state index contributed by atoms with van der Waals surface area (Å²) < 4.78 is 29.7. The van der Waals surface area contributed by atoms with E-state index < -0.39 is 10.4 Å². The summed E-state index contributed by atoms with van der Waals surface area (Å²) >= 11 is 0. The van der Waals surface area contributed by atoms with Crippen LogP contribution in [-0.4, -0.2) is 49.7 Å². The average Bonchev–Trinajstić information content (AvgIpc) is 2.87. The van der Waals surface area contributed by atoms with Crippen LogP contribution in [0.3, 0.4) is 0 Å². The van der Waals surface area contributed by atoms with Crippen LogP contribution in [0.1, 0.15) is 25.7 Å². The van der Waals surface area contributed by atoms with Crippen molar-refractivity contribution in [2.45, 2.75) is 25.7 Å². The molecule has 7 heteroatoms. The Morgan fingerprint density at radius 3 is 2.12 bits per heavy atom. The zero-order valence-corrected chi connectivity index (χ0v) is 10.9. The number of nitrogens with zero attached hydrogens (tertiary/aromatic N) is 2. The maximum Gasteiger partial charge on any atom is 0.397 e. The van der Waals surface area contributed by atoms with Crippen molar-refractivity contribution in [2.75, 3.05) is 26.7 Å². The van der Waals surface area contributed by atoms with E-state index >= 15 is 0 Å². The maximum absolute atomic E-state index is 9.33. The SMILES string of the molecule is C=C1CCCN1N1CCCC1.COS(=O)(=O)O. The Bertz CT molecular complexity index is 349. The van der Waals surface area contributed by atoms with Gasteiger partial charge in [0.25, 0.3) is 0 Å². The quantitative estimate of drug-likeness (QED) is 0.752. The Morgan fingerprint density at radius 2 is 1.76 bits per heavy atom. The second-order valence-electron chi connectivity index (χ2n) is 4.05. The lowest BCUT2D eigenvalue weighted by atomic mass is 10.3. The zero-order chi connectivity index (χ0) is 12.9. The zero-order valence-electron chi connectivity index (χ0n) is 10.1. The summed E-state index contributed by atoms with van der Waals surface area (Å²) in [7, 11) is -3.29. The molecule has 0 saturated carbocycles. The van der Waals surface area contributed by atoms with Crippen LogP contribution in [-0.2, 0) is 14.6 Å². The summed E-state index contributed by atoms with van der Waals surface area (Å²) in [5, 5.41) is 4.84. The van der Waals surface area contributed by atoms with Gasteiger partial charge in [-0.15, -0.1) is 0 Å². The Morgan fingerprint density at radius 1 is 1.24 bits per heavy atom. The molecule has 0 bridgehead atoms. The monoisotopic (exact) mass is 264 g/mol. The molecule has 0 unspecified atom stereocenters. The summed E-state index contributed by atoms with van der Waals surface area (Å²) in [6.45, 7) is 7.77. The Labute approximate surface area is 103 Å². The molecule has 0 amide bonds. The lowest BCUT2D eigenvalue weighted by Gasteiger charge is -2.29. The first-order valence-electron chi connectivity index (χ1n) is 5.67. The van der Waals surface area contributed by atoms with E-state index in [4.69, 9.17) is 4.55 Å². The average molecular weight is 264 g/mol. The van der Waals surface area contributed by atoms with Gasteiger partial charge < -0.3 is 5.01 Å². The number of hydrogen-bond acceptors (Lipinski definition) is 5. The van der Waals surface area contributed by atoms with Crippen LogP contribution in [0.15, 0.2) is 12.3 Å². The fourth-order valence-corrected chi connectivity index (χ4v) is 2.00. The second-order valence-corrected chi connectivity index (χ2v) is 5.24. The largest absolute Gasteiger partial charge is 0.397 e. The van der Waals surface area contributed by atoms with Crippen LogP contribution >= 0.6 is 0 Å². The molecular weight excluding hydrogens is 244 g/mol. The molecule has 6 nitrogen and oxygen atoms in total. The van der Waals surface area contributed by atoms with E-state index in [2.05, 4.69) is 20.8 Å². The molecule has 2 aliphatic heterocycles. The molecule has 0 aliphatic carbocycles. The summed E-state index contributed by atoms with van der Waals surface area (Å²) in [6.07, 6.45) is 5.24. The van der Waals surface area contributed by atoms with Gasteiger partial charge >= 0.3 is 10.4 Å². The summed E-state index contributed by atoms with van der Waals surface area (Å²) in [5.74, 6) is 0. The standard InChI is InChI=1S/C9H16N2.CH4O4S/c1-9-5-4-8-11(9)10-6-2-3-7-10;1-5-6(2,3)4/h1-8H2;1H3,(H,2,3,4). The Hall–Kier alpha value is -0.630. The van der Waals surface area contributed by atoms with Gasteiger partial charge in [0.15, 0.2) is 0 Å². The van der Waals surface area contributed by atoms with Crippen LogP contribution in [0.5, 0.6) is 0 Å². The number of hydrazine groups is 1. The maximum atomic E-state index is 9.33. The third kappa shape index (κ3) is 5.03. The minimum atomic E-state index is -4.16. The van der Waals surface area contributed by atoms with Gasteiger partial charge in [0.2, 0.25) is 0 Å². The molecule has 0 aromatic carbocycles. The summed E-state index contributed by atoms with van der Waals surface area (Å²) in [6, 6.07) is 0. The van der Waals surface area contributed by atoms with Crippen molar-refractivity contribution in [3.05, 3.63) is 12.3 Å². The molecule has 0 radical (unpaired) electrons. The predicted octanol–water partition coefficient (Wildman–Crippen LogP) is 1.04. The van der Waals surface area contributed by atoms with Crippen molar-refractivity contribution in [1.82, 2.24) is 10.0 Å². The van der Waals surface area contributed by atoms with Gasteiger partial charge in [0, 0.05) is 25.3 Å². The van der Waals surface area contributed by atoms with Gasteiger partial charge in [-0.1, -0.05) is 6.58 Å². The first kappa shape index (κ1) is 14.4. The third-order valence-corrected chi connectivity index (χ3v) is 3.26. The van der Waals surface area contributed by atoms with E-state index in [1.807, 2.05) is 0 Å². The minimum Gasteiger partial charge on any atom is -0.311 e. The van der Waals surface area contributed by atoms with Gasteiger partial charge in [-0.25, -0.2) is 5.01 Å². The summed E-state index contributed by atoms with van der Waals surface area (Å²) in [5.41, 5.74) is 1.33. The van der Waals surface area contributed by atoms with Gasteiger partial charge in [-0.05, 0) is 25.7 Å². The van der Waals surface area contributed by atoms with Crippen molar-refractivity contribution in [2.24, 2.45) is 0 Å². The first-order valence-corrected chi connectivity index (χ1v) is 7.04. The van der Waals surface area contributed by atoms with Crippen molar-refractivity contribution in [3.8, 4) is 0 Å². The highest BCUT2D eigenvalue weighted by molar-refractivity contribution is 7.80. The van der Waals surface area contributed by atoms with E-state index in [9.17, 15) is 8.42 Å². The van der Waals surface area contributed by atoms with Crippen LogP contribution in [0.4, 0.5) is 0 Å². The highest BCUT2D eigenvalue weighted by atomic mass is 32.3.